The van der Waals surface area contributed by atoms with Crippen LogP contribution in [-0.4, -0.2) is 28.5 Å². The number of halogens is 1. The summed E-state index contributed by atoms with van der Waals surface area (Å²) in [5, 5.41) is 6.34. The van der Waals surface area contributed by atoms with Gasteiger partial charge in [0.05, 0.1) is 22.2 Å². The molecule has 0 saturated heterocycles. The highest BCUT2D eigenvalue weighted by Crippen LogP contribution is 2.43. The Hall–Kier alpha value is -3.13. The second kappa shape index (κ2) is 10.9. The zero-order valence-electron chi connectivity index (χ0n) is 19.4. The van der Waals surface area contributed by atoms with Crippen LogP contribution in [0.15, 0.2) is 107 Å². The number of nitrogens with zero attached hydrogens (tertiary/aromatic N) is 1. The molecule has 182 valence electrons. The van der Waals surface area contributed by atoms with Crippen molar-refractivity contribution in [2.24, 2.45) is 0 Å². The normalized spacial score (nSPS) is 18.7. The molecular formula is C28H24ClN3O2S2. The highest BCUT2D eigenvalue weighted by molar-refractivity contribution is 8.00. The first-order valence-electron chi connectivity index (χ1n) is 11.5. The topological polar surface area (TPSA) is 61.4 Å². The zero-order chi connectivity index (χ0) is 25.1. The van der Waals surface area contributed by atoms with Gasteiger partial charge in [0, 0.05) is 26.2 Å². The highest BCUT2D eigenvalue weighted by Gasteiger charge is 2.36. The summed E-state index contributed by atoms with van der Waals surface area (Å²) in [6, 6.07) is 22.4. The number of para-hydroxylation sites is 1. The zero-order valence-corrected chi connectivity index (χ0v) is 21.8. The number of carbonyl (C=O) groups is 2. The van der Waals surface area contributed by atoms with E-state index in [-0.39, 0.29) is 28.5 Å². The molecule has 0 fully saturated rings. The molecule has 5 nitrogen and oxygen atoms in total. The fourth-order valence-electron chi connectivity index (χ4n) is 4.12. The smallest absolute Gasteiger partial charge is 0.325 e. The standard InChI is InChI=1S/C28H24ClN3O2S2/c1-18(27(33)30-20-9-6-8-19(29)16-20)35-22-11-7-10-21(17-22)31-28(34)32-23-12-2-4-14-25(23)36-26-15-5-3-13-24(26)32/h2-18,23,25H,1H3,(H,30,33)(H,31,34). The Morgan fingerprint density at radius 2 is 1.69 bits per heavy atom. The number of fused-ring (bicyclic) bond motifs is 2. The van der Waals surface area contributed by atoms with Crippen molar-refractivity contribution in [3.63, 3.8) is 0 Å². The van der Waals surface area contributed by atoms with Crippen molar-refractivity contribution in [1.29, 1.82) is 0 Å². The van der Waals surface area contributed by atoms with Crippen LogP contribution in [0.1, 0.15) is 6.92 Å². The molecule has 2 N–H and O–H groups in total. The minimum atomic E-state index is -0.346. The number of nitrogens with one attached hydrogen (secondary N) is 2. The summed E-state index contributed by atoms with van der Waals surface area (Å²) < 4.78 is 0. The number of carbonyl (C=O) groups excluding carboxylic acids is 2. The molecule has 2 aliphatic rings. The summed E-state index contributed by atoms with van der Waals surface area (Å²) in [5.74, 6) is -0.123. The number of anilines is 3. The van der Waals surface area contributed by atoms with Crippen LogP contribution < -0.4 is 15.5 Å². The van der Waals surface area contributed by atoms with Crippen LogP contribution in [0.3, 0.4) is 0 Å². The second-order valence-corrected chi connectivity index (χ2v) is 11.5. The molecule has 36 heavy (non-hydrogen) atoms. The fourth-order valence-corrected chi connectivity index (χ4v) is 6.50. The van der Waals surface area contributed by atoms with Crippen molar-refractivity contribution in [2.45, 2.75) is 33.3 Å². The van der Waals surface area contributed by atoms with E-state index in [1.54, 1.807) is 36.0 Å². The third kappa shape index (κ3) is 5.48. The number of amides is 3. The maximum Gasteiger partial charge on any atom is 0.326 e. The first-order chi connectivity index (χ1) is 17.5. The molecule has 3 aromatic carbocycles. The minimum absolute atomic E-state index is 0.0670. The highest BCUT2D eigenvalue weighted by atomic mass is 35.5. The Labute approximate surface area is 224 Å². The van der Waals surface area contributed by atoms with Crippen LogP contribution in [0.2, 0.25) is 5.02 Å². The monoisotopic (exact) mass is 533 g/mol. The van der Waals surface area contributed by atoms with Gasteiger partial charge in [-0.25, -0.2) is 4.79 Å². The van der Waals surface area contributed by atoms with Gasteiger partial charge in [-0.1, -0.05) is 60.2 Å². The van der Waals surface area contributed by atoms with E-state index in [1.807, 2.05) is 66.4 Å². The van der Waals surface area contributed by atoms with Gasteiger partial charge in [0.1, 0.15) is 0 Å². The molecule has 0 radical (unpaired) electrons. The quantitative estimate of drug-likeness (QED) is 0.334. The second-order valence-electron chi connectivity index (χ2n) is 8.40. The van der Waals surface area contributed by atoms with E-state index in [9.17, 15) is 9.59 Å². The van der Waals surface area contributed by atoms with Crippen molar-refractivity contribution in [1.82, 2.24) is 0 Å². The van der Waals surface area contributed by atoms with Crippen molar-refractivity contribution in [3.8, 4) is 0 Å². The van der Waals surface area contributed by atoms with Crippen LogP contribution in [-0.2, 0) is 4.79 Å². The van der Waals surface area contributed by atoms with Gasteiger partial charge in [0.25, 0.3) is 0 Å². The van der Waals surface area contributed by atoms with Crippen molar-refractivity contribution in [2.75, 3.05) is 15.5 Å². The average molecular weight is 534 g/mol. The number of thioether (sulfide) groups is 2. The van der Waals surface area contributed by atoms with E-state index in [4.69, 9.17) is 11.6 Å². The Morgan fingerprint density at radius 3 is 2.53 bits per heavy atom. The van der Waals surface area contributed by atoms with E-state index in [0.29, 0.717) is 16.4 Å². The number of hydrogen-bond donors (Lipinski definition) is 2. The number of benzene rings is 3. The molecule has 1 aliphatic heterocycles. The Balaban J connectivity index is 1.29. The van der Waals surface area contributed by atoms with E-state index in [0.717, 1.165) is 15.5 Å². The number of urea groups is 1. The van der Waals surface area contributed by atoms with Crippen LogP contribution in [0.4, 0.5) is 21.9 Å². The SMILES string of the molecule is CC(Sc1cccc(NC(=O)N2c3ccccc3SC3C=CC=CC32)c1)C(=O)Nc1cccc(Cl)c1. The first kappa shape index (κ1) is 24.6. The Kier molecular flexibility index (Phi) is 7.41. The lowest BCUT2D eigenvalue weighted by molar-refractivity contribution is -0.115. The molecule has 3 unspecified atom stereocenters. The van der Waals surface area contributed by atoms with E-state index >= 15 is 0 Å². The van der Waals surface area contributed by atoms with Gasteiger partial charge in [0.15, 0.2) is 0 Å². The lowest BCUT2D eigenvalue weighted by Gasteiger charge is -2.40. The minimum Gasteiger partial charge on any atom is -0.325 e. The summed E-state index contributed by atoms with van der Waals surface area (Å²) in [6.07, 6.45) is 8.23. The van der Waals surface area contributed by atoms with Gasteiger partial charge < -0.3 is 10.6 Å². The molecule has 1 aliphatic carbocycles. The van der Waals surface area contributed by atoms with Crippen molar-refractivity contribution >= 4 is 64.1 Å². The van der Waals surface area contributed by atoms with Gasteiger partial charge in [-0.3, -0.25) is 9.69 Å². The number of allylic oxidation sites excluding steroid dienone is 2. The van der Waals surface area contributed by atoms with Gasteiger partial charge in [-0.2, -0.15) is 0 Å². The largest absolute Gasteiger partial charge is 0.326 e. The van der Waals surface area contributed by atoms with E-state index in [2.05, 4.69) is 28.9 Å². The summed E-state index contributed by atoms with van der Waals surface area (Å²) >= 11 is 9.21. The summed E-state index contributed by atoms with van der Waals surface area (Å²) in [6.45, 7) is 1.85. The van der Waals surface area contributed by atoms with Crippen LogP contribution in [0.5, 0.6) is 0 Å². The van der Waals surface area contributed by atoms with Crippen molar-refractivity contribution in [3.05, 3.63) is 102 Å². The third-order valence-corrected chi connectivity index (χ3v) is 8.46. The summed E-state index contributed by atoms with van der Waals surface area (Å²) in [5.41, 5.74) is 2.24. The van der Waals surface area contributed by atoms with Gasteiger partial charge >= 0.3 is 6.03 Å². The van der Waals surface area contributed by atoms with Gasteiger partial charge in [-0.05, 0) is 55.5 Å². The van der Waals surface area contributed by atoms with E-state index < -0.39 is 0 Å². The van der Waals surface area contributed by atoms with Crippen molar-refractivity contribution < 1.29 is 9.59 Å². The molecule has 0 saturated carbocycles. The first-order valence-corrected chi connectivity index (χ1v) is 13.7. The molecule has 0 spiro atoms. The maximum atomic E-state index is 13.5. The molecular weight excluding hydrogens is 510 g/mol. The molecule has 8 heteroatoms. The molecule has 3 amide bonds. The van der Waals surface area contributed by atoms with Crippen LogP contribution in [0, 0.1) is 0 Å². The van der Waals surface area contributed by atoms with Crippen LogP contribution >= 0.6 is 35.1 Å². The third-order valence-electron chi connectivity index (χ3n) is 5.82. The van der Waals surface area contributed by atoms with Gasteiger partial charge in [0.2, 0.25) is 5.91 Å². The summed E-state index contributed by atoms with van der Waals surface area (Å²) in [7, 11) is 0. The molecule has 1 heterocycles. The Bertz CT molecular complexity index is 1360. The predicted molar refractivity (Wildman–Crippen MR) is 151 cm³/mol. The number of hydrogen-bond acceptors (Lipinski definition) is 4. The fraction of sp³-hybridized carbons (Fsp3) is 0.143. The molecule has 0 bridgehead atoms. The molecule has 3 atom stereocenters. The van der Waals surface area contributed by atoms with E-state index in [1.165, 1.54) is 11.8 Å². The molecule has 3 aromatic rings. The van der Waals surface area contributed by atoms with Crippen LogP contribution in [0.25, 0.3) is 0 Å². The number of rotatable bonds is 5. The Morgan fingerprint density at radius 1 is 0.944 bits per heavy atom. The average Bonchev–Trinajstić information content (AvgIpc) is 2.87. The molecule has 5 rings (SSSR count). The lowest BCUT2D eigenvalue weighted by Crippen LogP contribution is -2.49. The van der Waals surface area contributed by atoms with Gasteiger partial charge in [-0.15, -0.1) is 23.5 Å². The molecule has 0 aromatic heterocycles. The lowest BCUT2D eigenvalue weighted by atomic mass is 10.1. The maximum absolute atomic E-state index is 13.5. The predicted octanol–water partition coefficient (Wildman–Crippen LogP) is 7.47. The summed E-state index contributed by atoms with van der Waals surface area (Å²) in [4.78, 5) is 30.0.